The maximum absolute atomic E-state index is 5.51. The lowest BCUT2D eigenvalue weighted by molar-refractivity contribution is -0.00482. The first kappa shape index (κ1) is 16.2. The van der Waals surface area contributed by atoms with Crippen LogP contribution in [0.1, 0.15) is 12.6 Å². The fourth-order valence-corrected chi connectivity index (χ4v) is 3.60. The highest BCUT2D eigenvalue weighted by molar-refractivity contribution is 7.13. The van der Waals surface area contributed by atoms with Crippen LogP contribution in [0.15, 0.2) is 23.6 Å². The van der Waals surface area contributed by atoms with Crippen molar-refractivity contribution in [3.8, 4) is 22.1 Å². The molecule has 1 aromatic heterocycles. The molecule has 2 heterocycles. The number of hydrogen-bond acceptors (Lipinski definition) is 6. The number of thiazole rings is 1. The van der Waals surface area contributed by atoms with Gasteiger partial charge in [-0.3, -0.25) is 4.90 Å². The van der Waals surface area contributed by atoms with Gasteiger partial charge in [-0.1, -0.05) is 6.07 Å². The summed E-state index contributed by atoms with van der Waals surface area (Å²) in [6, 6.07) is 6.30. The zero-order valence-electron chi connectivity index (χ0n) is 13.7. The van der Waals surface area contributed by atoms with Crippen molar-refractivity contribution in [2.45, 2.75) is 19.5 Å². The average Bonchev–Trinajstić information content (AvgIpc) is 3.04. The summed E-state index contributed by atoms with van der Waals surface area (Å²) < 4.78 is 16.4. The smallest absolute Gasteiger partial charge is 0.170 e. The lowest BCUT2D eigenvalue weighted by Gasteiger charge is -2.32. The van der Waals surface area contributed by atoms with Gasteiger partial charge in [0.15, 0.2) is 11.5 Å². The highest BCUT2D eigenvalue weighted by atomic mass is 32.1. The fraction of sp³-hybridized carbons (Fsp3) is 0.471. The van der Waals surface area contributed by atoms with Crippen LogP contribution in [0.4, 0.5) is 0 Å². The molecule has 1 atom stereocenters. The Bertz CT molecular complexity index is 659. The molecule has 2 aromatic rings. The summed E-state index contributed by atoms with van der Waals surface area (Å²) in [5.41, 5.74) is 2.06. The number of para-hydroxylation sites is 1. The predicted molar refractivity (Wildman–Crippen MR) is 91.3 cm³/mol. The maximum atomic E-state index is 5.51. The van der Waals surface area contributed by atoms with E-state index in [0.717, 1.165) is 54.1 Å². The number of benzene rings is 1. The van der Waals surface area contributed by atoms with Crippen molar-refractivity contribution >= 4 is 11.3 Å². The van der Waals surface area contributed by atoms with Gasteiger partial charge in [-0.15, -0.1) is 11.3 Å². The molecule has 0 saturated carbocycles. The summed E-state index contributed by atoms with van der Waals surface area (Å²) in [5, 5.41) is 3.08. The van der Waals surface area contributed by atoms with Crippen molar-refractivity contribution in [3.05, 3.63) is 29.3 Å². The Kier molecular flexibility index (Phi) is 5.15. The molecule has 23 heavy (non-hydrogen) atoms. The van der Waals surface area contributed by atoms with E-state index in [1.54, 1.807) is 25.6 Å². The average molecular weight is 334 g/mol. The van der Waals surface area contributed by atoms with Crippen LogP contribution in [0.25, 0.3) is 10.6 Å². The van der Waals surface area contributed by atoms with Gasteiger partial charge in [0, 0.05) is 24.5 Å². The second kappa shape index (κ2) is 7.29. The third-order valence-electron chi connectivity index (χ3n) is 4.06. The first-order chi connectivity index (χ1) is 11.2. The van der Waals surface area contributed by atoms with E-state index < -0.39 is 0 Å². The van der Waals surface area contributed by atoms with Gasteiger partial charge in [0.1, 0.15) is 5.01 Å². The van der Waals surface area contributed by atoms with Gasteiger partial charge in [-0.05, 0) is 19.1 Å². The number of morpholine rings is 1. The molecule has 0 aliphatic carbocycles. The van der Waals surface area contributed by atoms with Gasteiger partial charge in [-0.2, -0.15) is 0 Å². The summed E-state index contributed by atoms with van der Waals surface area (Å²) in [4.78, 5) is 7.20. The molecule has 0 radical (unpaired) electrons. The first-order valence-electron chi connectivity index (χ1n) is 7.70. The van der Waals surface area contributed by atoms with E-state index in [-0.39, 0.29) is 0 Å². The molecule has 1 fully saturated rings. The molecule has 5 nitrogen and oxygen atoms in total. The third kappa shape index (κ3) is 3.49. The van der Waals surface area contributed by atoms with Crippen LogP contribution in [0.5, 0.6) is 11.5 Å². The Morgan fingerprint density at radius 3 is 2.96 bits per heavy atom. The van der Waals surface area contributed by atoms with E-state index in [0.29, 0.717) is 6.04 Å². The second-order valence-corrected chi connectivity index (χ2v) is 6.44. The van der Waals surface area contributed by atoms with Gasteiger partial charge in [0.05, 0.1) is 38.7 Å². The lowest BCUT2D eigenvalue weighted by Crippen LogP contribution is -2.42. The molecule has 0 unspecified atom stereocenters. The number of rotatable bonds is 5. The minimum Gasteiger partial charge on any atom is -0.493 e. The second-order valence-electron chi connectivity index (χ2n) is 5.58. The molecular weight excluding hydrogens is 312 g/mol. The highest BCUT2D eigenvalue weighted by Crippen LogP contribution is 2.39. The van der Waals surface area contributed by atoms with E-state index in [9.17, 15) is 0 Å². The molecule has 0 bridgehead atoms. The van der Waals surface area contributed by atoms with E-state index in [4.69, 9.17) is 19.2 Å². The van der Waals surface area contributed by atoms with Crippen molar-refractivity contribution in [1.29, 1.82) is 0 Å². The number of aromatic nitrogens is 1. The minimum absolute atomic E-state index is 0.431. The summed E-state index contributed by atoms with van der Waals surface area (Å²) in [6.07, 6.45) is 0. The summed E-state index contributed by atoms with van der Waals surface area (Å²) >= 11 is 1.64. The molecule has 3 rings (SSSR count). The largest absolute Gasteiger partial charge is 0.493 e. The standard InChI is InChI=1S/C17H22N2O3S/c1-12-10-22-8-7-19(12)9-13-11-23-17(18-13)14-5-4-6-15(20-2)16(14)21-3/h4-6,11-12H,7-10H2,1-3H3/t12-/m0/s1. The molecule has 1 aromatic carbocycles. The van der Waals surface area contributed by atoms with Gasteiger partial charge in [0.2, 0.25) is 0 Å². The van der Waals surface area contributed by atoms with Crippen LogP contribution in [0.3, 0.4) is 0 Å². The quantitative estimate of drug-likeness (QED) is 0.841. The summed E-state index contributed by atoms with van der Waals surface area (Å²) in [6.45, 7) is 5.59. The fourth-order valence-electron chi connectivity index (χ4n) is 2.76. The Labute approximate surface area is 140 Å². The van der Waals surface area contributed by atoms with Crippen LogP contribution in [-0.2, 0) is 11.3 Å². The molecule has 1 aliphatic rings. The van der Waals surface area contributed by atoms with Crippen molar-refractivity contribution in [1.82, 2.24) is 9.88 Å². The van der Waals surface area contributed by atoms with Crippen LogP contribution >= 0.6 is 11.3 Å². The Hall–Kier alpha value is -1.63. The highest BCUT2D eigenvalue weighted by Gasteiger charge is 2.20. The van der Waals surface area contributed by atoms with Crippen molar-refractivity contribution in [2.75, 3.05) is 34.0 Å². The lowest BCUT2D eigenvalue weighted by atomic mass is 10.2. The molecule has 124 valence electrons. The van der Waals surface area contributed by atoms with Crippen molar-refractivity contribution in [2.24, 2.45) is 0 Å². The summed E-state index contributed by atoms with van der Waals surface area (Å²) in [7, 11) is 3.31. The Balaban J connectivity index is 1.82. The van der Waals surface area contributed by atoms with E-state index in [2.05, 4.69) is 17.2 Å². The number of methoxy groups -OCH3 is 2. The van der Waals surface area contributed by atoms with Crippen LogP contribution in [0, 0.1) is 0 Å². The maximum Gasteiger partial charge on any atom is 0.170 e. The molecule has 6 heteroatoms. The number of nitrogens with zero attached hydrogens (tertiary/aromatic N) is 2. The third-order valence-corrected chi connectivity index (χ3v) is 4.98. The summed E-state index contributed by atoms with van der Waals surface area (Å²) in [5.74, 6) is 1.46. The first-order valence-corrected chi connectivity index (χ1v) is 8.58. The molecular formula is C17H22N2O3S. The zero-order valence-corrected chi connectivity index (χ0v) is 14.6. The monoisotopic (exact) mass is 334 g/mol. The van der Waals surface area contributed by atoms with Crippen molar-refractivity contribution in [3.63, 3.8) is 0 Å². The van der Waals surface area contributed by atoms with Gasteiger partial charge in [-0.25, -0.2) is 4.98 Å². The van der Waals surface area contributed by atoms with Crippen LogP contribution < -0.4 is 9.47 Å². The number of ether oxygens (including phenoxy) is 3. The van der Waals surface area contributed by atoms with E-state index in [1.165, 1.54) is 0 Å². The van der Waals surface area contributed by atoms with Crippen LogP contribution in [-0.4, -0.2) is 49.9 Å². The molecule has 0 spiro atoms. The minimum atomic E-state index is 0.431. The Morgan fingerprint density at radius 1 is 1.35 bits per heavy atom. The van der Waals surface area contributed by atoms with Crippen molar-refractivity contribution < 1.29 is 14.2 Å². The van der Waals surface area contributed by atoms with Gasteiger partial charge in [0.25, 0.3) is 0 Å². The van der Waals surface area contributed by atoms with Crippen LogP contribution in [0.2, 0.25) is 0 Å². The molecule has 0 amide bonds. The van der Waals surface area contributed by atoms with E-state index >= 15 is 0 Å². The zero-order chi connectivity index (χ0) is 16.2. The normalized spacial score (nSPS) is 18.8. The van der Waals surface area contributed by atoms with Gasteiger partial charge >= 0.3 is 0 Å². The Morgan fingerprint density at radius 2 is 2.22 bits per heavy atom. The van der Waals surface area contributed by atoms with Gasteiger partial charge < -0.3 is 14.2 Å². The topological polar surface area (TPSA) is 43.8 Å². The molecule has 1 saturated heterocycles. The molecule has 1 aliphatic heterocycles. The SMILES string of the molecule is COc1cccc(-c2nc(CN3CCOC[C@@H]3C)cs2)c1OC. The van der Waals surface area contributed by atoms with E-state index in [1.807, 2.05) is 18.2 Å². The molecule has 0 N–H and O–H groups in total. The number of hydrogen-bond donors (Lipinski definition) is 0. The predicted octanol–water partition coefficient (Wildman–Crippen LogP) is 3.05.